The summed E-state index contributed by atoms with van der Waals surface area (Å²) in [4.78, 5) is 0. The maximum atomic E-state index is 9.17. The molecule has 0 fully saturated rings. The van der Waals surface area contributed by atoms with Crippen molar-refractivity contribution in [3.63, 3.8) is 0 Å². The molecule has 3 nitrogen and oxygen atoms in total. The van der Waals surface area contributed by atoms with Crippen molar-refractivity contribution in [1.82, 2.24) is 0 Å². The lowest BCUT2D eigenvalue weighted by molar-refractivity contribution is -0.905. The maximum absolute atomic E-state index is 9.17. The predicted octanol–water partition coefficient (Wildman–Crippen LogP) is 3.77. The first kappa shape index (κ1) is 17.2. The minimum atomic E-state index is 0. The molecule has 0 amide bonds. The summed E-state index contributed by atoms with van der Waals surface area (Å²) in [6.07, 6.45) is 4.08. The Morgan fingerprint density at radius 1 is 1.33 bits per heavy atom. The van der Waals surface area contributed by atoms with Crippen LogP contribution in [0.2, 0.25) is 0 Å². The van der Waals surface area contributed by atoms with Gasteiger partial charge >= 0.3 is 0 Å². The molecule has 1 N–H and O–H groups in total. The average Bonchev–Trinajstić information content (AvgIpc) is 2.74. The molecule has 2 aromatic heterocycles. The van der Waals surface area contributed by atoms with Gasteiger partial charge < -0.3 is 4.74 Å². The molecule has 0 aliphatic rings. The monoisotopic (exact) mass is 380 g/mol. The van der Waals surface area contributed by atoms with E-state index in [1.54, 1.807) is 29.8 Å². The Bertz CT molecular complexity index is 460. The lowest BCUT2D eigenvalue weighted by Crippen LogP contribution is -2.28. The summed E-state index contributed by atoms with van der Waals surface area (Å²) in [7, 11) is 0. The van der Waals surface area contributed by atoms with E-state index in [2.05, 4.69) is 39.4 Å². The summed E-state index contributed by atoms with van der Waals surface area (Å²) in [5, 5.41) is 13.4. The van der Waals surface area contributed by atoms with Gasteiger partial charge in [-0.25, -0.2) is 0 Å². The Morgan fingerprint density at radius 3 is 2.72 bits per heavy atom. The van der Waals surface area contributed by atoms with E-state index in [1.807, 2.05) is 0 Å². The van der Waals surface area contributed by atoms with Crippen LogP contribution in [-0.4, -0.2) is 11.8 Å². The highest BCUT2D eigenvalue weighted by Gasteiger charge is 2.07. The fourth-order valence-electron chi connectivity index (χ4n) is 1.28. The highest BCUT2D eigenvalue weighted by atomic mass is 127. The molecule has 0 radical (unpaired) electrons. The van der Waals surface area contributed by atoms with E-state index in [0.717, 1.165) is 20.5 Å². The fourth-order valence-corrected chi connectivity index (χ4v) is 2.60. The first-order valence-electron chi connectivity index (χ1n) is 4.79. The third-order valence-corrected chi connectivity index (χ3v) is 3.63. The third-order valence-electron chi connectivity index (χ3n) is 2.09. The minimum absolute atomic E-state index is 0. The van der Waals surface area contributed by atoms with Gasteiger partial charge in [-0.3, -0.25) is 5.21 Å². The standard InChI is InChI=1S/C11H11INO2S.2CH4/c12-10-7-13(14)4-1-11(10)15-5-2-9-3-6-16-8-9;;/h1,3-4,6-8,14H,2,5H2;2*1H4/q+1;;. The molecule has 5 heteroatoms. The van der Waals surface area contributed by atoms with E-state index >= 15 is 0 Å². The molecule has 2 heterocycles. The van der Waals surface area contributed by atoms with E-state index in [0.29, 0.717) is 6.61 Å². The Labute approximate surface area is 126 Å². The van der Waals surface area contributed by atoms with Crippen LogP contribution in [0.1, 0.15) is 20.4 Å². The van der Waals surface area contributed by atoms with Gasteiger partial charge in [-0.2, -0.15) is 11.3 Å². The number of ether oxygens (including phenoxy) is 1. The lowest BCUT2D eigenvalue weighted by atomic mass is 10.2. The van der Waals surface area contributed by atoms with Crippen molar-refractivity contribution >= 4 is 33.9 Å². The normalized spacial score (nSPS) is 9.17. The van der Waals surface area contributed by atoms with Gasteiger partial charge in [0.25, 0.3) is 0 Å². The van der Waals surface area contributed by atoms with Crippen LogP contribution < -0.4 is 9.47 Å². The van der Waals surface area contributed by atoms with Crippen molar-refractivity contribution in [3.05, 3.63) is 44.4 Å². The number of hydrogen-bond donors (Lipinski definition) is 1. The molecule has 2 rings (SSSR count). The van der Waals surface area contributed by atoms with Crippen molar-refractivity contribution in [2.45, 2.75) is 21.3 Å². The van der Waals surface area contributed by atoms with E-state index in [-0.39, 0.29) is 14.9 Å². The molecule has 0 saturated carbocycles. The first-order valence-corrected chi connectivity index (χ1v) is 6.82. The Morgan fingerprint density at radius 2 is 2.11 bits per heavy atom. The molecule has 0 unspecified atom stereocenters. The quantitative estimate of drug-likeness (QED) is 0.498. The van der Waals surface area contributed by atoms with E-state index in [4.69, 9.17) is 4.74 Å². The zero-order valence-electron chi connectivity index (χ0n) is 8.47. The molecule has 0 atom stereocenters. The highest BCUT2D eigenvalue weighted by Crippen LogP contribution is 2.18. The Hall–Kier alpha value is -0.820. The summed E-state index contributed by atoms with van der Waals surface area (Å²) in [6.45, 7) is 0.655. The molecule has 2 aromatic rings. The number of pyridine rings is 1. The molecule has 18 heavy (non-hydrogen) atoms. The summed E-state index contributed by atoms with van der Waals surface area (Å²) in [5.41, 5.74) is 1.30. The zero-order chi connectivity index (χ0) is 11.4. The van der Waals surface area contributed by atoms with Gasteiger partial charge in [0.15, 0.2) is 0 Å². The van der Waals surface area contributed by atoms with Crippen molar-refractivity contribution in [2.75, 3.05) is 6.61 Å². The largest absolute Gasteiger partial charge is 0.492 e. The number of nitrogens with zero attached hydrogens (tertiary/aromatic N) is 1. The Balaban J connectivity index is 0.00000144. The molecular formula is C13H19INO2S+. The fraction of sp³-hybridized carbons (Fsp3) is 0.308. The minimum Gasteiger partial charge on any atom is -0.492 e. The SMILES string of the molecule is C.C.O[n+]1ccc(OCCc2ccsc2)c(I)c1. The van der Waals surface area contributed by atoms with Crippen LogP contribution in [-0.2, 0) is 6.42 Å². The van der Waals surface area contributed by atoms with Gasteiger partial charge in [0.1, 0.15) is 9.32 Å². The molecule has 0 saturated heterocycles. The van der Waals surface area contributed by atoms with Gasteiger partial charge in [0.2, 0.25) is 12.4 Å². The van der Waals surface area contributed by atoms with Crippen molar-refractivity contribution in [2.24, 2.45) is 0 Å². The number of thiophene rings is 1. The summed E-state index contributed by atoms with van der Waals surface area (Å²) < 4.78 is 7.56. The van der Waals surface area contributed by atoms with Crippen LogP contribution in [0.5, 0.6) is 5.75 Å². The number of aromatic nitrogens is 1. The lowest BCUT2D eigenvalue weighted by Gasteiger charge is -2.05. The summed E-state index contributed by atoms with van der Waals surface area (Å²) >= 11 is 3.83. The number of hydrogen-bond acceptors (Lipinski definition) is 3. The predicted molar refractivity (Wildman–Crippen MR) is 83.5 cm³/mol. The van der Waals surface area contributed by atoms with E-state index < -0.39 is 0 Å². The van der Waals surface area contributed by atoms with Gasteiger partial charge in [-0.1, -0.05) is 14.9 Å². The second-order valence-electron chi connectivity index (χ2n) is 3.27. The van der Waals surface area contributed by atoms with E-state index in [1.165, 1.54) is 5.56 Å². The third kappa shape index (κ3) is 4.81. The molecular weight excluding hydrogens is 361 g/mol. The molecule has 0 spiro atoms. The second kappa shape index (κ2) is 8.31. The molecule has 0 aliphatic heterocycles. The van der Waals surface area contributed by atoms with Crippen LogP contribution >= 0.6 is 33.9 Å². The molecule has 0 aromatic carbocycles. The first-order chi connectivity index (χ1) is 7.75. The van der Waals surface area contributed by atoms with Crippen LogP contribution in [0, 0.1) is 3.57 Å². The number of rotatable bonds is 4. The van der Waals surface area contributed by atoms with Gasteiger partial charge in [-0.05, 0) is 45.0 Å². The highest BCUT2D eigenvalue weighted by molar-refractivity contribution is 14.1. The van der Waals surface area contributed by atoms with Crippen molar-refractivity contribution in [3.8, 4) is 5.75 Å². The zero-order valence-corrected chi connectivity index (χ0v) is 11.4. The smallest absolute Gasteiger partial charge is 0.239 e. The van der Waals surface area contributed by atoms with Gasteiger partial charge in [-0.15, -0.1) is 0 Å². The molecule has 0 aliphatic carbocycles. The van der Waals surface area contributed by atoms with Crippen molar-refractivity contribution < 1.29 is 14.7 Å². The van der Waals surface area contributed by atoms with Gasteiger partial charge in [0, 0.05) is 11.2 Å². The van der Waals surface area contributed by atoms with Crippen LogP contribution in [0.25, 0.3) is 0 Å². The second-order valence-corrected chi connectivity index (χ2v) is 5.21. The van der Waals surface area contributed by atoms with Crippen molar-refractivity contribution in [1.29, 1.82) is 0 Å². The van der Waals surface area contributed by atoms with Gasteiger partial charge in [0.05, 0.1) is 12.7 Å². The molecule has 100 valence electrons. The Kier molecular flexibility index (Phi) is 7.93. The van der Waals surface area contributed by atoms with Crippen LogP contribution in [0.3, 0.4) is 0 Å². The van der Waals surface area contributed by atoms with E-state index in [9.17, 15) is 5.21 Å². The van der Waals surface area contributed by atoms with Crippen LogP contribution in [0.15, 0.2) is 35.3 Å². The number of halogens is 1. The molecule has 0 bridgehead atoms. The van der Waals surface area contributed by atoms with Crippen LogP contribution in [0.4, 0.5) is 0 Å². The summed E-state index contributed by atoms with van der Waals surface area (Å²) in [5.74, 6) is 0.807. The topological polar surface area (TPSA) is 33.3 Å². The average molecular weight is 380 g/mol. The maximum Gasteiger partial charge on any atom is 0.239 e. The summed E-state index contributed by atoms with van der Waals surface area (Å²) in [6, 6.07) is 3.86.